The summed E-state index contributed by atoms with van der Waals surface area (Å²) in [5.41, 5.74) is 12.8. The van der Waals surface area contributed by atoms with E-state index in [-0.39, 0.29) is 0 Å². The minimum atomic E-state index is 0.699. The Morgan fingerprint density at radius 3 is 2.32 bits per heavy atom. The molecule has 3 heteroatoms. The summed E-state index contributed by atoms with van der Waals surface area (Å²) in [4.78, 5) is 4.33. The van der Waals surface area contributed by atoms with Crippen LogP contribution in [-0.2, 0) is 6.54 Å². The molecule has 0 saturated carbocycles. The number of nitrogen functional groups attached to an aromatic ring is 1. The van der Waals surface area contributed by atoms with Crippen molar-refractivity contribution in [3.8, 4) is 0 Å². The van der Waals surface area contributed by atoms with Gasteiger partial charge in [-0.15, -0.1) is 0 Å². The maximum absolute atomic E-state index is 5.71. The number of hydrogen-bond acceptors (Lipinski definition) is 3. The number of aryl methyl sites for hydroxylation is 4. The van der Waals surface area contributed by atoms with Crippen molar-refractivity contribution >= 4 is 11.5 Å². The van der Waals surface area contributed by atoms with Gasteiger partial charge in [0, 0.05) is 6.54 Å². The van der Waals surface area contributed by atoms with Crippen LogP contribution in [-0.4, -0.2) is 4.98 Å². The minimum absolute atomic E-state index is 0.699. The molecule has 1 aromatic heterocycles. The van der Waals surface area contributed by atoms with Crippen molar-refractivity contribution in [2.24, 2.45) is 0 Å². The van der Waals surface area contributed by atoms with E-state index in [9.17, 15) is 0 Å². The Hall–Kier alpha value is -2.03. The number of benzene rings is 1. The van der Waals surface area contributed by atoms with Crippen LogP contribution in [0.5, 0.6) is 0 Å². The van der Waals surface area contributed by atoms with E-state index in [1.54, 1.807) is 6.20 Å². The number of pyridine rings is 1. The van der Waals surface area contributed by atoms with E-state index in [1.165, 1.54) is 22.3 Å². The molecule has 3 nitrogen and oxygen atoms in total. The molecule has 3 N–H and O–H groups in total. The van der Waals surface area contributed by atoms with Crippen LogP contribution in [0.25, 0.3) is 0 Å². The highest BCUT2D eigenvalue weighted by Gasteiger charge is 2.04. The van der Waals surface area contributed by atoms with Crippen molar-refractivity contribution in [1.29, 1.82) is 0 Å². The van der Waals surface area contributed by atoms with Crippen LogP contribution in [0.15, 0.2) is 24.4 Å². The average molecular weight is 255 g/mol. The summed E-state index contributed by atoms with van der Waals surface area (Å²) in [5.74, 6) is 0.895. The fraction of sp³-hybridized carbons (Fsp3) is 0.312. The summed E-state index contributed by atoms with van der Waals surface area (Å²) >= 11 is 0. The fourth-order valence-electron chi connectivity index (χ4n) is 2.17. The first kappa shape index (κ1) is 13.4. The minimum Gasteiger partial charge on any atom is -0.397 e. The van der Waals surface area contributed by atoms with E-state index in [2.05, 4.69) is 43.2 Å². The highest BCUT2D eigenvalue weighted by Crippen LogP contribution is 2.18. The molecule has 100 valence electrons. The second-order valence-corrected chi connectivity index (χ2v) is 5.15. The molecule has 19 heavy (non-hydrogen) atoms. The van der Waals surface area contributed by atoms with Crippen molar-refractivity contribution in [2.45, 2.75) is 34.2 Å². The van der Waals surface area contributed by atoms with Crippen molar-refractivity contribution in [1.82, 2.24) is 4.98 Å². The van der Waals surface area contributed by atoms with Crippen LogP contribution < -0.4 is 11.1 Å². The molecule has 0 amide bonds. The predicted octanol–water partition coefficient (Wildman–Crippen LogP) is 3.51. The Morgan fingerprint density at radius 1 is 0.947 bits per heavy atom. The zero-order valence-corrected chi connectivity index (χ0v) is 12.0. The van der Waals surface area contributed by atoms with E-state index in [0.717, 1.165) is 17.9 Å². The molecular formula is C16H21N3. The Balaban J connectivity index is 2.16. The normalized spacial score (nSPS) is 10.5. The van der Waals surface area contributed by atoms with Gasteiger partial charge in [0.25, 0.3) is 0 Å². The third kappa shape index (κ3) is 3.05. The lowest BCUT2D eigenvalue weighted by atomic mass is 10.0. The van der Waals surface area contributed by atoms with Crippen LogP contribution in [0.4, 0.5) is 11.5 Å². The monoisotopic (exact) mass is 255 g/mol. The Labute approximate surface area is 114 Å². The summed E-state index contributed by atoms with van der Waals surface area (Å²) in [6.45, 7) is 9.23. The molecule has 2 rings (SSSR count). The number of rotatable bonds is 3. The molecule has 0 fully saturated rings. The van der Waals surface area contributed by atoms with E-state index >= 15 is 0 Å². The van der Waals surface area contributed by atoms with Crippen molar-refractivity contribution in [3.63, 3.8) is 0 Å². The Bertz CT molecular complexity index is 603. The molecule has 2 aromatic rings. The Morgan fingerprint density at radius 2 is 1.63 bits per heavy atom. The van der Waals surface area contributed by atoms with Crippen LogP contribution in [0.3, 0.4) is 0 Å². The summed E-state index contributed by atoms with van der Waals surface area (Å²) in [6.07, 6.45) is 1.68. The zero-order chi connectivity index (χ0) is 14.0. The van der Waals surface area contributed by atoms with Gasteiger partial charge >= 0.3 is 0 Å². The van der Waals surface area contributed by atoms with Crippen molar-refractivity contribution in [2.75, 3.05) is 11.1 Å². The standard InChI is InChI=1S/C16H21N3/c1-10-5-12(3)14(6-11(10)2)8-18-16-13(4)7-15(17)9-19-16/h5-7,9H,8,17H2,1-4H3,(H,18,19). The zero-order valence-electron chi connectivity index (χ0n) is 12.0. The molecule has 0 aliphatic heterocycles. The fourth-order valence-corrected chi connectivity index (χ4v) is 2.17. The van der Waals surface area contributed by atoms with Gasteiger partial charge in [0.05, 0.1) is 11.9 Å². The van der Waals surface area contributed by atoms with Gasteiger partial charge in [-0.1, -0.05) is 12.1 Å². The first-order valence-electron chi connectivity index (χ1n) is 6.50. The number of nitrogens with zero attached hydrogens (tertiary/aromatic N) is 1. The number of aromatic nitrogens is 1. The van der Waals surface area contributed by atoms with E-state index in [0.29, 0.717) is 5.69 Å². The quantitative estimate of drug-likeness (QED) is 0.882. The second-order valence-electron chi connectivity index (χ2n) is 5.15. The molecular weight excluding hydrogens is 234 g/mol. The third-order valence-corrected chi connectivity index (χ3v) is 3.50. The van der Waals surface area contributed by atoms with Gasteiger partial charge in [0.15, 0.2) is 0 Å². The maximum atomic E-state index is 5.71. The molecule has 0 bridgehead atoms. The molecule has 1 heterocycles. The van der Waals surface area contributed by atoms with Gasteiger partial charge < -0.3 is 11.1 Å². The number of hydrogen-bond donors (Lipinski definition) is 2. The summed E-state index contributed by atoms with van der Waals surface area (Å²) in [6, 6.07) is 6.41. The molecule has 1 aromatic carbocycles. The third-order valence-electron chi connectivity index (χ3n) is 3.50. The van der Waals surface area contributed by atoms with Gasteiger partial charge in [-0.25, -0.2) is 4.98 Å². The summed E-state index contributed by atoms with van der Waals surface area (Å²) in [5, 5.41) is 3.38. The number of nitrogens with two attached hydrogens (primary N) is 1. The lowest BCUT2D eigenvalue weighted by Gasteiger charge is -2.13. The highest BCUT2D eigenvalue weighted by molar-refractivity contribution is 5.51. The lowest BCUT2D eigenvalue weighted by Crippen LogP contribution is -2.05. The molecule has 0 atom stereocenters. The molecule has 0 spiro atoms. The molecule has 0 unspecified atom stereocenters. The first-order valence-corrected chi connectivity index (χ1v) is 6.50. The number of nitrogens with one attached hydrogen (secondary N) is 1. The average Bonchev–Trinajstić information content (AvgIpc) is 2.34. The lowest BCUT2D eigenvalue weighted by molar-refractivity contribution is 1.07. The van der Waals surface area contributed by atoms with Gasteiger partial charge in [0.1, 0.15) is 5.82 Å². The van der Waals surface area contributed by atoms with Crippen LogP contribution in [0, 0.1) is 27.7 Å². The number of anilines is 2. The van der Waals surface area contributed by atoms with Gasteiger partial charge in [-0.2, -0.15) is 0 Å². The summed E-state index contributed by atoms with van der Waals surface area (Å²) in [7, 11) is 0. The first-order chi connectivity index (χ1) is 8.97. The van der Waals surface area contributed by atoms with Gasteiger partial charge in [-0.3, -0.25) is 0 Å². The van der Waals surface area contributed by atoms with Gasteiger partial charge in [0.2, 0.25) is 0 Å². The molecule has 0 radical (unpaired) electrons. The molecule has 0 aliphatic carbocycles. The second kappa shape index (κ2) is 5.31. The SMILES string of the molecule is Cc1cc(C)c(CNc2ncc(N)cc2C)cc1C. The van der Waals surface area contributed by atoms with Crippen LogP contribution >= 0.6 is 0 Å². The Kier molecular flexibility index (Phi) is 3.74. The predicted molar refractivity (Wildman–Crippen MR) is 81.4 cm³/mol. The van der Waals surface area contributed by atoms with Crippen LogP contribution in [0.1, 0.15) is 27.8 Å². The topological polar surface area (TPSA) is 50.9 Å². The molecule has 0 aliphatic rings. The van der Waals surface area contributed by atoms with E-state index in [4.69, 9.17) is 5.73 Å². The molecule has 0 saturated heterocycles. The van der Waals surface area contributed by atoms with E-state index < -0.39 is 0 Å². The highest BCUT2D eigenvalue weighted by atomic mass is 15.0. The maximum Gasteiger partial charge on any atom is 0.129 e. The van der Waals surface area contributed by atoms with Crippen molar-refractivity contribution in [3.05, 3.63) is 52.2 Å². The van der Waals surface area contributed by atoms with E-state index in [1.807, 2.05) is 13.0 Å². The van der Waals surface area contributed by atoms with Crippen molar-refractivity contribution < 1.29 is 0 Å². The largest absolute Gasteiger partial charge is 0.397 e. The van der Waals surface area contributed by atoms with Gasteiger partial charge in [-0.05, 0) is 61.6 Å². The smallest absolute Gasteiger partial charge is 0.129 e. The van der Waals surface area contributed by atoms with Crippen LogP contribution in [0.2, 0.25) is 0 Å². The summed E-state index contributed by atoms with van der Waals surface area (Å²) < 4.78 is 0.